The maximum Gasteiger partial charge on any atom is 0.271 e. The Morgan fingerprint density at radius 3 is 2.64 bits per heavy atom. The molecule has 1 N–H and O–H groups in total. The van der Waals surface area contributed by atoms with Crippen molar-refractivity contribution >= 4 is 34.5 Å². The molecule has 1 aromatic carbocycles. The first kappa shape index (κ1) is 22.1. The molecule has 0 radical (unpaired) electrons. The van der Waals surface area contributed by atoms with Crippen LogP contribution in [0.25, 0.3) is 11.1 Å². The molecule has 3 heterocycles. The first-order chi connectivity index (χ1) is 15.8. The van der Waals surface area contributed by atoms with Crippen molar-refractivity contribution in [3.8, 4) is 0 Å². The molecule has 0 bridgehead atoms. The molecule has 0 unspecified atom stereocenters. The maximum absolute atomic E-state index is 13.7. The van der Waals surface area contributed by atoms with Crippen molar-refractivity contribution < 1.29 is 14.0 Å². The summed E-state index contributed by atoms with van der Waals surface area (Å²) in [5.41, 5.74) is 2.20. The summed E-state index contributed by atoms with van der Waals surface area (Å²) in [6.07, 6.45) is 6.14. The van der Waals surface area contributed by atoms with Gasteiger partial charge in [0.25, 0.3) is 5.91 Å². The molecule has 0 saturated heterocycles. The minimum Gasteiger partial charge on any atom is -0.460 e. The summed E-state index contributed by atoms with van der Waals surface area (Å²) in [5.74, 6) is 0.577. The summed E-state index contributed by atoms with van der Waals surface area (Å²) in [7, 11) is 0. The van der Waals surface area contributed by atoms with Crippen molar-refractivity contribution in [2.24, 2.45) is 0 Å². The van der Waals surface area contributed by atoms with Crippen LogP contribution in [0.4, 0.5) is 0 Å². The SMILES string of the molecule is Cc1cc2c(cc3n2C[C@@](C)(C(=O)NC2CCCCC2)N(CCc2ccc(Cl)cc2)C3=O)o1. The van der Waals surface area contributed by atoms with E-state index in [0.29, 0.717) is 35.8 Å². The Bertz CT molecular complexity index is 1190. The van der Waals surface area contributed by atoms with Crippen molar-refractivity contribution in [2.75, 3.05) is 6.54 Å². The average Bonchev–Trinajstić information content (AvgIpc) is 3.32. The molecule has 1 atom stereocenters. The molecular weight excluding hydrogens is 438 g/mol. The number of hydrogen-bond acceptors (Lipinski definition) is 3. The fourth-order valence-electron chi connectivity index (χ4n) is 5.29. The number of halogens is 1. The van der Waals surface area contributed by atoms with Crippen LogP contribution in [0.15, 0.2) is 40.8 Å². The summed E-state index contributed by atoms with van der Waals surface area (Å²) in [5, 5.41) is 3.96. The van der Waals surface area contributed by atoms with E-state index < -0.39 is 5.54 Å². The molecule has 5 rings (SSSR count). The molecule has 33 heavy (non-hydrogen) atoms. The number of carbonyl (C=O) groups is 2. The van der Waals surface area contributed by atoms with Crippen LogP contribution in [-0.4, -0.2) is 39.4 Å². The molecule has 6 nitrogen and oxygen atoms in total. The van der Waals surface area contributed by atoms with Crippen molar-refractivity contribution in [1.29, 1.82) is 0 Å². The van der Waals surface area contributed by atoms with Crippen LogP contribution in [0.3, 0.4) is 0 Å². The quantitative estimate of drug-likeness (QED) is 0.567. The summed E-state index contributed by atoms with van der Waals surface area (Å²) in [4.78, 5) is 29.2. The number of aromatic nitrogens is 1. The second-order valence-corrected chi connectivity index (χ2v) is 10.1. The van der Waals surface area contributed by atoms with Gasteiger partial charge in [-0.25, -0.2) is 0 Å². The van der Waals surface area contributed by atoms with Gasteiger partial charge in [-0.15, -0.1) is 0 Å². The molecule has 3 aromatic rings. The largest absolute Gasteiger partial charge is 0.460 e. The van der Waals surface area contributed by atoms with Crippen LogP contribution in [-0.2, 0) is 17.8 Å². The molecule has 2 aromatic heterocycles. The van der Waals surface area contributed by atoms with Gasteiger partial charge in [0.15, 0.2) is 5.58 Å². The number of furan rings is 1. The van der Waals surface area contributed by atoms with E-state index in [1.807, 2.05) is 48.7 Å². The number of nitrogens with one attached hydrogen (secondary N) is 1. The molecule has 1 saturated carbocycles. The number of hydrogen-bond donors (Lipinski definition) is 1. The zero-order valence-electron chi connectivity index (χ0n) is 19.2. The van der Waals surface area contributed by atoms with E-state index in [1.165, 1.54) is 6.42 Å². The summed E-state index contributed by atoms with van der Waals surface area (Å²) >= 11 is 6.03. The molecule has 174 valence electrons. The number of nitrogens with zero attached hydrogens (tertiary/aromatic N) is 2. The summed E-state index contributed by atoms with van der Waals surface area (Å²) in [6, 6.07) is 11.6. The monoisotopic (exact) mass is 467 g/mol. The molecule has 0 spiro atoms. The van der Waals surface area contributed by atoms with Crippen LogP contribution in [0.2, 0.25) is 5.02 Å². The Kier molecular flexibility index (Phi) is 5.73. The highest BCUT2D eigenvalue weighted by Crippen LogP contribution is 2.34. The molecule has 2 amide bonds. The number of carbonyl (C=O) groups excluding carboxylic acids is 2. The Balaban J connectivity index is 1.48. The third-order valence-corrected chi connectivity index (χ3v) is 7.46. The Morgan fingerprint density at radius 2 is 1.91 bits per heavy atom. The Hall–Kier alpha value is -2.73. The Labute approximate surface area is 198 Å². The minimum absolute atomic E-state index is 0.0772. The highest BCUT2D eigenvalue weighted by molar-refractivity contribution is 6.30. The lowest BCUT2D eigenvalue weighted by molar-refractivity contribution is -0.133. The van der Waals surface area contributed by atoms with Crippen molar-refractivity contribution in [3.63, 3.8) is 0 Å². The van der Waals surface area contributed by atoms with Crippen LogP contribution in [0, 0.1) is 6.92 Å². The van der Waals surface area contributed by atoms with Gasteiger partial charge in [0.2, 0.25) is 5.91 Å². The van der Waals surface area contributed by atoms with E-state index in [0.717, 1.165) is 42.5 Å². The lowest BCUT2D eigenvalue weighted by atomic mass is 9.91. The van der Waals surface area contributed by atoms with Crippen LogP contribution < -0.4 is 5.32 Å². The fraction of sp³-hybridized carbons (Fsp3) is 0.462. The normalized spacial score (nSPS) is 21.4. The van der Waals surface area contributed by atoms with Gasteiger partial charge in [-0.3, -0.25) is 9.59 Å². The van der Waals surface area contributed by atoms with Crippen LogP contribution in [0.5, 0.6) is 0 Å². The van der Waals surface area contributed by atoms with Gasteiger partial charge in [0, 0.05) is 29.7 Å². The molecule has 7 heteroatoms. The third kappa shape index (κ3) is 4.05. The van der Waals surface area contributed by atoms with Gasteiger partial charge in [0.1, 0.15) is 17.0 Å². The predicted molar refractivity (Wildman–Crippen MR) is 129 cm³/mol. The fourth-order valence-corrected chi connectivity index (χ4v) is 5.42. The van der Waals surface area contributed by atoms with Crippen LogP contribution >= 0.6 is 11.6 Å². The number of rotatable bonds is 5. The van der Waals surface area contributed by atoms with Crippen LogP contribution in [0.1, 0.15) is 60.8 Å². The van der Waals surface area contributed by atoms with E-state index >= 15 is 0 Å². The van der Waals surface area contributed by atoms with Gasteiger partial charge >= 0.3 is 0 Å². The van der Waals surface area contributed by atoms with Gasteiger partial charge in [-0.1, -0.05) is 43.0 Å². The van der Waals surface area contributed by atoms with E-state index in [4.69, 9.17) is 16.0 Å². The minimum atomic E-state index is -0.995. The summed E-state index contributed by atoms with van der Waals surface area (Å²) < 4.78 is 7.74. The van der Waals surface area contributed by atoms with E-state index in [9.17, 15) is 9.59 Å². The number of fused-ring (bicyclic) bond motifs is 3. The first-order valence-electron chi connectivity index (χ1n) is 11.8. The second-order valence-electron chi connectivity index (χ2n) is 9.64. The first-order valence-corrected chi connectivity index (χ1v) is 12.2. The van der Waals surface area contributed by atoms with Gasteiger partial charge in [0.05, 0.1) is 12.1 Å². The highest BCUT2D eigenvalue weighted by atomic mass is 35.5. The number of amides is 2. The lowest BCUT2D eigenvalue weighted by Gasteiger charge is -2.45. The molecule has 1 aliphatic heterocycles. The molecule has 2 aliphatic rings. The van der Waals surface area contributed by atoms with Gasteiger partial charge in [-0.2, -0.15) is 0 Å². The van der Waals surface area contributed by atoms with Crippen molar-refractivity contribution in [1.82, 2.24) is 14.8 Å². The zero-order chi connectivity index (χ0) is 23.2. The summed E-state index contributed by atoms with van der Waals surface area (Å²) in [6.45, 7) is 4.63. The Morgan fingerprint density at radius 1 is 1.18 bits per heavy atom. The predicted octanol–water partition coefficient (Wildman–Crippen LogP) is 5.10. The molecule has 1 fully saturated rings. The number of aryl methyl sites for hydroxylation is 1. The second kappa shape index (κ2) is 8.56. The maximum atomic E-state index is 13.7. The molecular formula is C26H30ClN3O3. The van der Waals surface area contributed by atoms with Crippen molar-refractivity contribution in [3.05, 3.63) is 58.4 Å². The van der Waals surface area contributed by atoms with Gasteiger partial charge in [-0.05, 0) is 50.8 Å². The molecule has 1 aliphatic carbocycles. The smallest absolute Gasteiger partial charge is 0.271 e. The van der Waals surface area contributed by atoms with E-state index in [1.54, 1.807) is 11.0 Å². The topological polar surface area (TPSA) is 67.5 Å². The number of benzene rings is 1. The average molecular weight is 468 g/mol. The standard InChI is InChI=1S/C26H30ClN3O3/c1-17-14-21-23(33-17)15-22-24(31)30(13-12-18-8-10-19(27)11-9-18)26(2,16-29(21)22)25(32)28-20-6-4-3-5-7-20/h8-11,14-15,20H,3-7,12-13,16H2,1-2H3,(H,28,32)/t26-/m0/s1. The lowest BCUT2D eigenvalue weighted by Crippen LogP contribution is -2.65. The highest BCUT2D eigenvalue weighted by Gasteiger charge is 2.48. The van der Waals surface area contributed by atoms with Crippen molar-refractivity contribution in [2.45, 2.75) is 70.5 Å². The van der Waals surface area contributed by atoms with E-state index in [2.05, 4.69) is 5.32 Å². The zero-order valence-corrected chi connectivity index (χ0v) is 20.0. The third-order valence-electron chi connectivity index (χ3n) is 7.21. The van der Waals surface area contributed by atoms with E-state index in [-0.39, 0.29) is 17.9 Å². The van der Waals surface area contributed by atoms with Gasteiger partial charge < -0.3 is 19.2 Å².